The van der Waals surface area contributed by atoms with Gasteiger partial charge in [0, 0.05) is 22.9 Å². The third-order valence-electron chi connectivity index (χ3n) is 4.48. The number of aromatic nitrogens is 1. The Morgan fingerprint density at radius 2 is 1.24 bits per heavy atom. The van der Waals surface area contributed by atoms with Gasteiger partial charge in [0.2, 0.25) is 5.78 Å². The fourth-order valence-corrected chi connectivity index (χ4v) is 3.11. The van der Waals surface area contributed by atoms with Crippen LogP contribution in [-0.4, -0.2) is 10.8 Å². The molecule has 3 aromatic carbocycles. The lowest BCUT2D eigenvalue weighted by molar-refractivity contribution is 0.103. The van der Waals surface area contributed by atoms with Gasteiger partial charge in [0.05, 0.1) is 0 Å². The van der Waals surface area contributed by atoms with E-state index in [1.54, 1.807) is 24.3 Å². The first kappa shape index (κ1) is 18.6. The van der Waals surface area contributed by atoms with Gasteiger partial charge in [0.25, 0.3) is 0 Å². The predicted octanol–water partition coefficient (Wildman–Crippen LogP) is 6.06. The highest BCUT2D eigenvalue weighted by molar-refractivity contribution is 6.11. The average molecular weight is 389 g/mol. The fraction of sp³-hybridized carbons (Fsp3) is 0. The highest BCUT2D eigenvalue weighted by Gasteiger charge is 2.19. The third-order valence-corrected chi connectivity index (χ3v) is 4.48. The van der Waals surface area contributed by atoms with Crippen molar-refractivity contribution in [3.05, 3.63) is 114 Å². The number of hydrogen-bond acceptors (Lipinski definition) is 2. The second-order valence-electron chi connectivity index (χ2n) is 6.48. The Balaban J connectivity index is 1.90. The molecule has 4 aromatic rings. The standard InChI is InChI=1S/C24H14F3NO/c25-19-7-1-4-15(10-19)18-13-22(16-5-2-8-20(26)11-16)23(28-14-18)24(29)17-6-3-9-21(27)12-17/h1-14H. The van der Waals surface area contributed by atoms with Crippen LogP contribution in [0.3, 0.4) is 0 Å². The van der Waals surface area contributed by atoms with Crippen molar-refractivity contribution in [3.63, 3.8) is 0 Å². The van der Waals surface area contributed by atoms with Gasteiger partial charge < -0.3 is 0 Å². The van der Waals surface area contributed by atoms with Crippen molar-refractivity contribution in [2.45, 2.75) is 0 Å². The Morgan fingerprint density at radius 3 is 1.90 bits per heavy atom. The molecular weight excluding hydrogens is 375 g/mol. The van der Waals surface area contributed by atoms with Crippen LogP contribution in [0.15, 0.2) is 85.1 Å². The van der Waals surface area contributed by atoms with Gasteiger partial charge in [-0.05, 0) is 53.6 Å². The van der Waals surface area contributed by atoms with Crippen molar-refractivity contribution in [3.8, 4) is 22.3 Å². The highest BCUT2D eigenvalue weighted by atomic mass is 19.1. The van der Waals surface area contributed by atoms with Crippen molar-refractivity contribution in [1.29, 1.82) is 0 Å². The fourth-order valence-electron chi connectivity index (χ4n) is 3.11. The zero-order valence-corrected chi connectivity index (χ0v) is 15.1. The molecule has 0 aliphatic carbocycles. The molecule has 0 radical (unpaired) electrons. The second-order valence-corrected chi connectivity index (χ2v) is 6.48. The summed E-state index contributed by atoms with van der Waals surface area (Å²) in [7, 11) is 0. The van der Waals surface area contributed by atoms with E-state index in [1.807, 2.05) is 0 Å². The van der Waals surface area contributed by atoms with Crippen LogP contribution in [0.1, 0.15) is 16.1 Å². The summed E-state index contributed by atoms with van der Waals surface area (Å²) in [6, 6.07) is 18.7. The Morgan fingerprint density at radius 1 is 0.655 bits per heavy atom. The highest BCUT2D eigenvalue weighted by Crippen LogP contribution is 2.30. The maximum atomic E-state index is 13.8. The van der Waals surface area contributed by atoms with E-state index in [2.05, 4.69) is 4.98 Å². The monoisotopic (exact) mass is 389 g/mol. The smallest absolute Gasteiger partial charge is 0.212 e. The van der Waals surface area contributed by atoms with E-state index in [0.717, 1.165) is 6.07 Å². The summed E-state index contributed by atoms with van der Waals surface area (Å²) in [5.41, 5.74) is 2.14. The van der Waals surface area contributed by atoms with E-state index in [1.165, 1.54) is 54.7 Å². The molecule has 0 saturated heterocycles. The topological polar surface area (TPSA) is 30.0 Å². The molecule has 1 heterocycles. The average Bonchev–Trinajstić information content (AvgIpc) is 2.73. The van der Waals surface area contributed by atoms with Crippen LogP contribution in [0.2, 0.25) is 0 Å². The molecule has 0 aliphatic heterocycles. The molecule has 0 bridgehead atoms. The number of carbonyl (C=O) groups is 1. The van der Waals surface area contributed by atoms with Crippen molar-refractivity contribution < 1.29 is 18.0 Å². The molecule has 2 nitrogen and oxygen atoms in total. The summed E-state index contributed by atoms with van der Waals surface area (Å²) in [5.74, 6) is -1.91. The van der Waals surface area contributed by atoms with Crippen LogP contribution in [-0.2, 0) is 0 Å². The Hall–Kier alpha value is -3.73. The number of pyridine rings is 1. The molecule has 29 heavy (non-hydrogen) atoms. The minimum absolute atomic E-state index is 0.0568. The van der Waals surface area contributed by atoms with E-state index >= 15 is 0 Å². The van der Waals surface area contributed by atoms with E-state index < -0.39 is 23.2 Å². The van der Waals surface area contributed by atoms with E-state index in [4.69, 9.17) is 0 Å². The number of nitrogens with zero attached hydrogens (tertiary/aromatic N) is 1. The molecule has 0 saturated carbocycles. The van der Waals surface area contributed by atoms with Crippen LogP contribution in [0.4, 0.5) is 13.2 Å². The van der Waals surface area contributed by atoms with Gasteiger partial charge in [-0.25, -0.2) is 13.2 Å². The minimum atomic E-state index is -0.542. The minimum Gasteiger partial charge on any atom is -0.287 e. The first-order valence-electron chi connectivity index (χ1n) is 8.83. The van der Waals surface area contributed by atoms with E-state index in [9.17, 15) is 18.0 Å². The Bertz CT molecular complexity index is 1220. The number of halogens is 3. The molecule has 1 aromatic heterocycles. The molecule has 0 spiro atoms. The summed E-state index contributed by atoms with van der Waals surface area (Å²) < 4.78 is 41.1. The van der Waals surface area contributed by atoms with Crippen molar-refractivity contribution >= 4 is 5.78 Å². The Kier molecular flexibility index (Phi) is 4.96. The summed E-state index contributed by atoms with van der Waals surface area (Å²) in [6.45, 7) is 0. The van der Waals surface area contributed by atoms with Gasteiger partial charge >= 0.3 is 0 Å². The number of rotatable bonds is 4. The second kappa shape index (κ2) is 7.72. The maximum absolute atomic E-state index is 13.8. The lowest BCUT2D eigenvalue weighted by Gasteiger charge is -2.11. The third kappa shape index (κ3) is 3.94. The lowest BCUT2D eigenvalue weighted by atomic mass is 9.95. The van der Waals surface area contributed by atoms with Crippen LogP contribution in [0.25, 0.3) is 22.3 Å². The van der Waals surface area contributed by atoms with Gasteiger partial charge in [0.15, 0.2) is 0 Å². The Labute approximate surface area is 165 Å². The SMILES string of the molecule is O=C(c1cccc(F)c1)c1ncc(-c2cccc(F)c2)cc1-c1cccc(F)c1. The molecule has 0 aliphatic rings. The van der Waals surface area contributed by atoms with Crippen molar-refractivity contribution in [1.82, 2.24) is 4.98 Å². The molecule has 0 atom stereocenters. The molecular formula is C24H14F3NO. The maximum Gasteiger partial charge on any atom is 0.212 e. The van der Waals surface area contributed by atoms with Crippen LogP contribution in [0, 0.1) is 17.5 Å². The summed E-state index contributed by atoms with van der Waals surface area (Å²) in [6.07, 6.45) is 1.45. The zero-order valence-electron chi connectivity index (χ0n) is 15.1. The van der Waals surface area contributed by atoms with E-state index in [-0.39, 0.29) is 11.3 Å². The summed E-state index contributed by atoms with van der Waals surface area (Å²) in [4.78, 5) is 17.3. The molecule has 142 valence electrons. The molecule has 4 rings (SSSR count). The number of ketones is 1. The van der Waals surface area contributed by atoms with E-state index in [0.29, 0.717) is 22.3 Å². The van der Waals surface area contributed by atoms with Crippen LogP contribution < -0.4 is 0 Å². The first-order chi connectivity index (χ1) is 14.0. The van der Waals surface area contributed by atoms with Crippen LogP contribution in [0.5, 0.6) is 0 Å². The summed E-state index contributed by atoms with van der Waals surface area (Å²) >= 11 is 0. The van der Waals surface area contributed by atoms with Gasteiger partial charge in [-0.1, -0.05) is 36.4 Å². The molecule has 0 fully saturated rings. The van der Waals surface area contributed by atoms with Crippen molar-refractivity contribution in [2.24, 2.45) is 0 Å². The van der Waals surface area contributed by atoms with Gasteiger partial charge in [0.1, 0.15) is 23.1 Å². The molecule has 0 unspecified atom stereocenters. The number of benzene rings is 3. The lowest BCUT2D eigenvalue weighted by Crippen LogP contribution is -2.07. The predicted molar refractivity (Wildman–Crippen MR) is 105 cm³/mol. The molecule has 5 heteroatoms. The van der Waals surface area contributed by atoms with Crippen LogP contribution >= 0.6 is 0 Å². The van der Waals surface area contributed by atoms with Gasteiger partial charge in [-0.2, -0.15) is 0 Å². The zero-order chi connectivity index (χ0) is 20.4. The van der Waals surface area contributed by atoms with Crippen molar-refractivity contribution in [2.75, 3.05) is 0 Å². The van der Waals surface area contributed by atoms with Gasteiger partial charge in [-0.15, -0.1) is 0 Å². The number of carbonyl (C=O) groups excluding carboxylic acids is 1. The summed E-state index contributed by atoms with van der Waals surface area (Å²) in [5, 5.41) is 0. The molecule has 0 amide bonds. The first-order valence-corrected chi connectivity index (χ1v) is 8.83. The number of hydrogen-bond donors (Lipinski definition) is 0. The largest absolute Gasteiger partial charge is 0.287 e. The normalized spacial score (nSPS) is 10.7. The quantitative estimate of drug-likeness (QED) is 0.397. The molecule has 0 N–H and O–H groups in total. The van der Waals surface area contributed by atoms with Gasteiger partial charge in [-0.3, -0.25) is 9.78 Å².